The molecule has 0 spiro atoms. The van der Waals surface area contributed by atoms with Gasteiger partial charge < -0.3 is 9.80 Å². The van der Waals surface area contributed by atoms with Gasteiger partial charge in [-0.1, -0.05) is 51.2 Å². The van der Waals surface area contributed by atoms with Gasteiger partial charge in [-0.3, -0.25) is 19.1 Å². The Kier molecular flexibility index (Phi) is 8.74. The topological polar surface area (TPSA) is 72.6 Å². The molecule has 0 saturated carbocycles. The van der Waals surface area contributed by atoms with Crippen LogP contribution in [0.1, 0.15) is 56.7 Å². The summed E-state index contributed by atoms with van der Waals surface area (Å²) >= 11 is 6.79. The normalized spacial score (nSPS) is 18.5. The molecule has 1 aromatic heterocycles. The molecule has 0 bridgehead atoms. The third-order valence-corrected chi connectivity index (χ3v) is 7.67. The number of thioether (sulfide) groups is 1. The van der Waals surface area contributed by atoms with Crippen molar-refractivity contribution in [2.45, 2.75) is 53.5 Å². The van der Waals surface area contributed by atoms with Crippen molar-refractivity contribution in [1.29, 1.82) is 5.26 Å². The van der Waals surface area contributed by atoms with Crippen LogP contribution in [0, 0.1) is 18.3 Å². The zero-order chi connectivity index (χ0) is 24.1. The Morgan fingerprint density at radius 3 is 2.36 bits per heavy atom. The molecule has 9 heteroatoms. The fourth-order valence-electron chi connectivity index (χ4n) is 4.33. The Labute approximate surface area is 206 Å². The molecule has 3 heterocycles. The highest BCUT2D eigenvalue weighted by Gasteiger charge is 2.33. The molecule has 1 aromatic rings. The van der Waals surface area contributed by atoms with E-state index in [4.69, 9.17) is 12.2 Å². The van der Waals surface area contributed by atoms with E-state index in [-0.39, 0.29) is 17.0 Å². The van der Waals surface area contributed by atoms with Crippen LogP contribution in [-0.2, 0) is 11.3 Å². The molecule has 2 fully saturated rings. The van der Waals surface area contributed by atoms with E-state index in [1.54, 1.807) is 9.47 Å². The lowest BCUT2D eigenvalue weighted by Crippen LogP contribution is -2.48. The SMILES string of the molecule is CCCCN1C(=O)/C(=C/c2c(C)c(C#N)c(=O)n(CCC)c2N2CCN(CC)CC2)SC1=S. The molecule has 0 N–H and O–H groups in total. The van der Waals surface area contributed by atoms with Gasteiger partial charge in [-0.05, 0) is 37.9 Å². The minimum absolute atomic E-state index is 0.0913. The van der Waals surface area contributed by atoms with Gasteiger partial charge in [-0.25, -0.2) is 0 Å². The number of rotatable bonds is 8. The van der Waals surface area contributed by atoms with Crippen LogP contribution in [0.2, 0.25) is 0 Å². The third-order valence-electron chi connectivity index (χ3n) is 6.30. The van der Waals surface area contributed by atoms with Crippen molar-refractivity contribution in [3.05, 3.63) is 31.9 Å². The minimum atomic E-state index is -0.252. The lowest BCUT2D eigenvalue weighted by molar-refractivity contribution is -0.122. The van der Waals surface area contributed by atoms with Gasteiger partial charge in [0.25, 0.3) is 11.5 Å². The zero-order valence-corrected chi connectivity index (χ0v) is 21.7. The number of piperazine rings is 1. The maximum atomic E-state index is 13.3. The molecular formula is C24H33N5O2S2. The Hall–Kier alpha value is -2.15. The summed E-state index contributed by atoms with van der Waals surface area (Å²) in [6, 6.07) is 2.11. The molecule has 2 aliphatic rings. The predicted octanol–water partition coefficient (Wildman–Crippen LogP) is 3.58. The number of carbonyl (C=O) groups excluding carboxylic acids is 1. The summed E-state index contributed by atoms with van der Waals surface area (Å²) in [6.07, 6.45) is 4.51. The third kappa shape index (κ3) is 5.18. The number of nitrogens with zero attached hydrogens (tertiary/aromatic N) is 5. The van der Waals surface area contributed by atoms with Crippen molar-refractivity contribution < 1.29 is 4.79 Å². The highest BCUT2D eigenvalue weighted by atomic mass is 32.2. The van der Waals surface area contributed by atoms with Crippen LogP contribution < -0.4 is 10.5 Å². The summed E-state index contributed by atoms with van der Waals surface area (Å²) in [5.41, 5.74) is 1.30. The molecule has 7 nitrogen and oxygen atoms in total. The second-order valence-corrected chi connectivity index (χ2v) is 10.1. The number of pyridine rings is 1. The van der Waals surface area contributed by atoms with Crippen molar-refractivity contribution >= 4 is 46.1 Å². The van der Waals surface area contributed by atoms with Crippen molar-refractivity contribution in [3.8, 4) is 6.07 Å². The maximum absolute atomic E-state index is 13.3. The summed E-state index contributed by atoms with van der Waals surface area (Å²) in [6.45, 7) is 13.6. The smallest absolute Gasteiger partial charge is 0.270 e. The quantitative estimate of drug-likeness (QED) is 0.410. The van der Waals surface area contributed by atoms with Crippen LogP contribution in [0.15, 0.2) is 9.70 Å². The largest absolute Gasteiger partial charge is 0.355 e. The molecule has 0 unspecified atom stereocenters. The van der Waals surface area contributed by atoms with Crippen LogP contribution in [0.3, 0.4) is 0 Å². The van der Waals surface area contributed by atoms with Gasteiger partial charge in [-0.15, -0.1) is 0 Å². The lowest BCUT2D eigenvalue weighted by Gasteiger charge is -2.37. The van der Waals surface area contributed by atoms with Gasteiger partial charge in [0.05, 0.1) is 4.91 Å². The summed E-state index contributed by atoms with van der Waals surface area (Å²) < 4.78 is 2.30. The number of unbranched alkanes of at least 4 members (excludes halogenated alkanes) is 1. The van der Waals surface area contributed by atoms with Crippen molar-refractivity contribution in [2.24, 2.45) is 0 Å². The number of anilines is 1. The molecule has 0 aliphatic carbocycles. The van der Waals surface area contributed by atoms with E-state index in [1.165, 1.54) is 11.8 Å². The molecular weight excluding hydrogens is 454 g/mol. The first-order chi connectivity index (χ1) is 15.9. The molecule has 1 amide bonds. The first-order valence-corrected chi connectivity index (χ1v) is 13.0. The Morgan fingerprint density at radius 1 is 1.09 bits per heavy atom. The summed E-state index contributed by atoms with van der Waals surface area (Å²) in [4.78, 5) is 33.2. The molecule has 2 aliphatic heterocycles. The standard InChI is InChI=1S/C24H33N5O2S2/c1-5-8-10-29-23(31)20(33-24(29)32)15-18-17(4)19(16-25)22(30)28(9-6-2)21(18)27-13-11-26(7-3)12-14-27/h15H,5-14H2,1-4H3/b20-15-. The average Bonchev–Trinajstić information content (AvgIpc) is 3.08. The van der Waals surface area contributed by atoms with E-state index in [1.807, 2.05) is 19.9 Å². The minimum Gasteiger partial charge on any atom is -0.355 e. The van der Waals surface area contributed by atoms with Crippen LogP contribution in [0.5, 0.6) is 0 Å². The van der Waals surface area contributed by atoms with E-state index in [0.29, 0.717) is 27.9 Å². The second-order valence-electron chi connectivity index (χ2n) is 8.41. The summed E-state index contributed by atoms with van der Waals surface area (Å²) in [5, 5.41) is 9.77. The molecule has 2 saturated heterocycles. The van der Waals surface area contributed by atoms with E-state index in [9.17, 15) is 14.9 Å². The highest BCUT2D eigenvalue weighted by Crippen LogP contribution is 2.36. The van der Waals surface area contributed by atoms with Crippen LogP contribution in [-0.4, -0.2) is 63.9 Å². The predicted molar refractivity (Wildman–Crippen MR) is 140 cm³/mol. The molecule has 33 heavy (non-hydrogen) atoms. The summed E-state index contributed by atoms with van der Waals surface area (Å²) in [5.74, 6) is 0.722. The van der Waals surface area contributed by atoms with Crippen molar-refractivity contribution in [3.63, 3.8) is 0 Å². The number of hydrogen-bond donors (Lipinski definition) is 0. The number of thiocarbonyl (C=S) groups is 1. The molecule has 0 atom stereocenters. The van der Waals surface area contributed by atoms with E-state index in [2.05, 4.69) is 29.7 Å². The highest BCUT2D eigenvalue weighted by molar-refractivity contribution is 8.26. The van der Waals surface area contributed by atoms with Crippen LogP contribution in [0.25, 0.3) is 6.08 Å². The van der Waals surface area contributed by atoms with Gasteiger partial charge in [0.1, 0.15) is 21.8 Å². The molecule has 0 radical (unpaired) electrons. The Morgan fingerprint density at radius 2 is 1.79 bits per heavy atom. The zero-order valence-electron chi connectivity index (χ0n) is 20.0. The molecule has 3 rings (SSSR count). The number of hydrogen-bond acceptors (Lipinski definition) is 7. The fraction of sp³-hybridized carbons (Fsp3) is 0.583. The number of nitriles is 1. The monoisotopic (exact) mass is 487 g/mol. The molecule has 178 valence electrons. The summed E-state index contributed by atoms with van der Waals surface area (Å²) in [7, 11) is 0. The number of amides is 1. The van der Waals surface area contributed by atoms with Gasteiger partial charge in [0, 0.05) is 44.8 Å². The van der Waals surface area contributed by atoms with Crippen molar-refractivity contribution in [1.82, 2.24) is 14.4 Å². The van der Waals surface area contributed by atoms with Gasteiger partial charge in [0.2, 0.25) is 0 Å². The van der Waals surface area contributed by atoms with Gasteiger partial charge in [-0.2, -0.15) is 5.26 Å². The Balaban J connectivity index is 2.16. The first-order valence-electron chi connectivity index (χ1n) is 11.8. The van der Waals surface area contributed by atoms with Crippen LogP contribution in [0.4, 0.5) is 5.82 Å². The molecule has 0 aromatic carbocycles. The van der Waals surface area contributed by atoms with Crippen LogP contribution >= 0.6 is 24.0 Å². The average molecular weight is 488 g/mol. The van der Waals surface area contributed by atoms with E-state index < -0.39 is 0 Å². The first kappa shape index (κ1) is 25.5. The van der Waals surface area contributed by atoms with E-state index in [0.717, 1.165) is 63.4 Å². The van der Waals surface area contributed by atoms with Gasteiger partial charge >= 0.3 is 0 Å². The van der Waals surface area contributed by atoms with Crippen molar-refractivity contribution in [2.75, 3.05) is 44.2 Å². The fourth-order valence-corrected chi connectivity index (χ4v) is 5.62. The lowest BCUT2D eigenvalue weighted by atomic mass is 10.0. The number of aromatic nitrogens is 1. The number of carbonyl (C=O) groups is 1. The second kappa shape index (κ2) is 11.3. The Bertz CT molecular complexity index is 1050. The number of likely N-dealkylation sites (N-methyl/N-ethyl adjacent to an activating group) is 1. The van der Waals surface area contributed by atoms with E-state index >= 15 is 0 Å². The maximum Gasteiger partial charge on any atom is 0.270 e. The van der Waals surface area contributed by atoms with Gasteiger partial charge in [0.15, 0.2) is 0 Å².